The summed E-state index contributed by atoms with van der Waals surface area (Å²) in [6.45, 7) is 3.36. The molecule has 0 aliphatic heterocycles. The second kappa shape index (κ2) is 7.63. The third-order valence-corrected chi connectivity index (χ3v) is 4.44. The Bertz CT molecular complexity index is 1160. The van der Waals surface area contributed by atoms with Crippen molar-refractivity contribution in [3.8, 4) is 22.8 Å². The minimum atomic E-state index is -0.182. The van der Waals surface area contributed by atoms with Crippen molar-refractivity contribution in [1.29, 1.82) is 0 Å². The maximum Gasteiger partial charge on any atom is 0.184 e. The molecule has 7 heteroatoms. The van der Waals surface area contributed by atoms with Gasteiger partial charge in [-0.05, 0) is 55.5 Å². The first-order valence-electron chi connectivity index (χ1n) is 9.10. The quantitative estimate of drug-likeness (QED) is 0.478. The van der Waals surface area contributed by atoms with Gasteiger partial charge in [0.05, 0.1) is 18.5 Å². The highest BCUT2D eigenvalue weighted by atomic mass is 16.5. The molecule has 0 amide bonds. The highest BCUT2D eigenvalue weighted by Crippen LogP contribution is 2.32. The van der Waals surface area contributed by atoms with Gasteiger partial charge in [-0.2, -0.15) is 0 Å². The van der Waals surface area contributed by atoms with Crippen LogP contribution in [0.5, 0.6) is 5.75 Å². The lowest BCUT2D eigenvalue weighted by Crippen LogP contribution is -2.01. The van der Waals surface area contributed by atoms with Crippen LogP contribution >= 0.6 is 0 Å². The van der Waals surface area contributed by atoms with E-state index < -0.39 is 0 Å². The Hall–Kier alpha value is -3.87. The predicted molar refractivity (Wildman–Crippen MR) is 110 cm³/mol. The molecule has 0 fully saturated rings. The van der Waals surface area contributed by atoms with Gasteiger partial charge in [0.1, 0.15) is 17.3 Å². The molecule has 7 nitrogen and oxygen atoms in total. The first-order chi connectivity index (χ1) is 14.0. The fourth-order valence-corrected chi connectivity index (χ4v) is 2.97. The molecule has 146 valence electrons. The van der Waals surface area contributed by atoms with E-state index in [1.54, 1.807) is 7.11 Å². The Kier molecular flexibility index (Phi) is 4.87. The molecular formula is C22H20N4O3. The summed E-state index contributed by atoms with van der Waals surface area (Å²) in [5, 5.41) is 12.1. The molecule has 0 aliphatic rings. The summed E-state index contributed by atoms with van der Waals surface area (Å²) in [6.07, 6.45) is 0. The minimum absolute atomic E-state index is 0.182. The number of para-hydroxylation sites is 1. The van der Waals surface area contributed by atoms with E-state index in [0.717, 1.165) is 34.2 Å². The van der Waals surface area contributed by atoms with Crippen LogP contribution in [0.2, 0.25) is 0 Å². The number of Topliss-reactive ketones (excluding diaryl/α,β-unsaturated/α-hetero) is 1. The van der Waals surface area contributed by atoms with Crippen LogP contribution in [-0.4, -0.2) is 27.9 Å². The number of ketones is 1. The number of anilines is 2. The van der Waals surface area contributed by atoms with Crippen LogP contribution in [0.3, 0.4) is 0 Å². The number of carbonyl (C=O) groups excluding carboxylic acids is 1. The van der Waals surface area contributed by atoms with Gasteiger partial charge in [0.2, 0.25) is 0 Å². The Labute approximate surface area is 167 Å². The first kappa shape index (κ1) is 18.5. The van der Waals surface area contributed by atoms with Crippen LogP contribution in [0.15, 0.2) is 65.1 Å². The average Bonchev–Trinajstić information content (AvgIpc) is 3.35. The third-order valence-electron chi connectivity index (χ3n) is 4.44. The number of rotatable bonds is 6. The number of nitrogens with zero attached hydrogens (tertiary/aromatic N) is 3. The Morgan fingerprint density at radius 3 is 2.45 bits per heavy atom. The summed E-state index contributed by atoms with van der Waals surface area (Å²) in [5.74, 6) is 2.48. The van der Waals surface area contributed by atoms with Gasteiger partial charge in [-0.15, -0.1) is 15.0 Å². The molecule has 0 aliphatic carbocycles. The van der Waals surface area contributed by atoms with Crippen molar-refractivity contribution >= 4 is 17.3 Å². The second-order valence-corrected chi connectivity index (χ2v) is 6.52. The zero-order valence-corrected chi connectivity index (χ0v) is 16.3. The number of nitrogens with one attached hydrogen (secondary N) is 1. The SMILES string of the molecule is COc1ccc(-n2nc(Nc3ccccc3-c3ccc(C)o3)c(C(C)=O)n2)cc1. The molecule has 0 atom stereocenters. The minimum Gasteiger partial charge on any atom is -0.497 e. The summed E-state index contributed by atoms with van der Waals surface area (Å²) >= 11 is 0. The van der Waals surface area contributed by atoms with E-state index in [-0.39, 0.29) is 11.5 Å². The molecule has 29 heavy (non-hydrogen) atoms. The number of hydrogen-bond acceptors (Lipinski definition) is 6. The lowest BCUT2D eigenvalue weighted by atomic mass is 10.1. The number of methoxy groups -OCH3 is 1. The van der Waals surface area contributed by atoms with Crippen molar-refractivity contribution in [2.24, 2.45) is 0 Å². The number of carbonyl (C=O) groups is 1. The highest BCUT2D eigenvalue weighted by molar-refractivity contribution is 5.97. The van der Waals surface area contributed by atoms with E-state index in [1.807, 2.05) is 67.6 Å². The number of hydrogen-bond donors (Lipinski definition) is 1. The maximum atomic E-state index is 12.2. The van der Waals surface area contributed by atoms with E-state index in [1.165, 1.54) is 11.7 Å². The molecule has 0 radical (unpaired) electrons. The molecular weight excluding hydrogens is 368 g/mol. The van der Waals surface area contributed by atoms with Crippen LogP contribution in [-0.2, 0) is 0 Å². The zero-order valence-electron chi connectivity index (χ0n) is 16.3. The monoisotopic (exact) mass is 388 g/mol. The van der Waals surface area contributed by atoms with Gasteiger partial charge in [0.25, 0.3) is 0 Å². The molecule has 2 aromatic carbocycles. The van der Waals surface area contributed by atoms with Gasteiger partial charge in [0.15, 0.2) is 17.3 Å². The smallest absolute Gasteiger partial charge is 0.184 e. The van der Waals surface area contributed by atoms with E-state index >= 15 is 0 Å². The number of aromatic nitrogens is 3. The van der Waals surface area contributed by atoms with Crippen molar-refractivity contribution in [2.75, 3.05) is 12.4 Å². The number of aryl methyl sites for hydroxylation is 1. The van der Waals surface area contributed by atoms with Crippen LogP contribution in [0.4, 0.5) is 11.5 Å². The van der Waals surface area contributed by atoms with Crippen molar-refractivity contribution in [2.45, 2.75) is 13.8 Å². The summed E-state index contributed by atoms with van der Waals surface area (Å²) < 4.78 is 10.9. The van der Waals surface area contributed by atoms with Crippen LogP contribution in [0.1, 0.15) is 23.2 Å². The molecule has 4 rings (SSSR count). The molecule has 2 aromatic heterocycles. The van der Waals surface area contributed by atoms with Gasteiger partial charge in [0, 0.05) is 12.5 Å². The van der Waals surface area contributed by atoms with Gasteiger partial charge < -0.3 is 14.5 Å². The molecule has 0 unspecified atom stereocenters. The Morgan fingerprint density at radius 2 is 1.79 bits per heavy atom. The van der Waals surface area contributed by atoms with Gasteiger partial charge in [-0.1, -0.05) is 12.1 Å². The number of ether oxygens (including phenoxy) is 1. The zero-order chi connectivity index (χ0) is 20.4. The normalized spacial score (nSPS) is 10.7. The fourth-order valence-electron chi connectivity index (χ4n) is 2.97. The number of benzene rings is 2. The van der Waals surface area contributed by atoms with Crippen molar-refractivity contribution < 1.29 is 13.9 Å². The van der Waals surface area contributed by atoms with Crippen molar-refractivity contribution in [1.82, 2.24) is 15.0 Å². The summed E-state index contributed by atoms with van der Waals surface area (Å²) in [6, 6.07) is 18.8. The van der Waals surface area contributed by atoms with Gasteiger partial charge in [-0.25, -0.2) is 0 Å². The Balaban J connectivity index is 1.72. The van der Waals surface area contributed by atoms with Crippen molar-refractivity contribution in [3.05, 3.63) is 72.1 Å². The predicted octanol–water partition coefficient (Wildman–Crippen LogP) is 4.79. The maximum absolute atomic E-state index is 12.2. The van der Waals surface area contributed by atoms with Gasteiger partial charge in [-0.3, -0.25) is 4.79 Å². The van der Waals surface area contributed by atoms with E-state index in [0.29, 0.717) is 5.82 Å². The fraction of sp³-hybridized carbons (Fsp3) is 0.136. The average molecular weight is 388 g/mol. The lowest BCUT2D eigenvalue weighted by Gasteiger charge is -2.09. The first-order valence-corrected chi connectivity index (χ1v) is 9.10. The summed E-state index contributed by atoms with van der Waals surface area (Å²) in [7, 11) is 1.61. The molecule has 0 saturated heterocycles. The standard InChI is InChI=1S/C22H20N4O3/c1-14-8-13-20(29-14)18-6-4-5-7-19(18)23-22-21(15(2)27)24-26(25-22)16-9-11-17(28-3)12-10-16/h4-13H,1-3H3,(H,23,25). The Morgan fingerprint density at radius 1 is 1.03 bits per heavy atom. The topological polar surface area (TPSA) is 82.2 Å². The van der Waals surface area contributed by atoms with E-state index in [2.05, 4.69) is 15.5 Å². The summed E-state index contributed by atoms with van der Waals surface area (Å²) in [4.78, 5) is 13.6. The van der Waals surface area contributed by atoms with Crippen LogP contribution in [0, 0.1) is 6.92 Å². The third kappa shape index (κ3) is 3.75. The second-order valence-electron chi connectivity index (χ2n) is 6.52. The molecule has 0 saturated carbocycles. The van der Waals surface area contributed by atoms with Gasteiger partial charge >= 0.3 is 0 Å². The lowest BCUT2D eigenvalue weighted by molar-refractivity contribution is 0.101. The molecule has 2 heterocycles. The molecule has 4 aromatic rings. The highest BCUT2D eigenvalue weighted by Gasteiger charge is 2.18. The van der Waals surface area contributed by atoms with Crippen LogP contribution in [0.25, 0.3) is 17.0 Å². The van der Waals surface area contributed by atoms with E-state index in [9.17, 15) is 4.79 Å². The number of furan rings is 1. The van der Waals surface area contributed by atoms with Crippen LogP contribution < -0.4 is 10.1 Å². The molecule has 1 N–H and O–H groups in total. The largest absolute Gasteiger partial charge is 0.497 e. The summed E-state index contributed by atoms with van der Waals surface area (Å²) in [5.41, 5.74) is 2.61. The molecule has 0 spiro atoms. The molecule has 0 bridgehead atoms. The van der Waals surface area contributed by atoms with Crippen molar-refractivity contribution in [3.63, 3.8) is 0 Å². The van der Waals surface area contributed by atoms with E-state index in [4.69, 9.17) is 9.15 Å².